The van der Waals surface area contributed by atoms with Crippen LogP contribution in [0, 0.1) is 19.8 Å². The van der Waals surface area contributed by atoms with Gasteiger partial charge in [0.25, 0.3) is 10.2 Å². The fourth-order valence-electron chi connectivity index (χ4n) is 2.94. The van der Waals surface area contributed by atoms with Gasteiger partial charge in [-0.1, -0.05) is 12.1 Å². The molecule has 1 aromatic rings. The van der Waals surface area contributed by atoms with Gasteiger partial charge in [0.1, 0.15) is 12.4 Å². The summed E-state index contributed by atoms with van der Waals surface area (Å²) >= 11 is 0. The van der Waals surface area contributed by atoms with E-state index < -0.39 is 10.2 Å². The highest BCUT2D eigenvalue weighted by Gasteiger charge is 2.33. The topological polar surface area (TPSA) is 79.0 Å². The molecule has 1 heterocycles. The van der Waals surface area contributed by atoms with Crippen LogP contribution in [-0.4, -0.2) is 63.3 Å². The lowest BCUT2D eigenvalue weighted by atomic mass is 9.99. The third-order valence-electron chi connectivity index (χ3n) is 4.55. The van der Waals surface area contributed by atoms with E-state index in [-0.39, 0.29) is 18.4 Å². The molecule has 8 heteroatoms. The van der Waals surface area contributed by atoms with Crippen molar-refractivity contribution in [1.29, 1.82) is 0 Å². The van der Waals surface area contributed by atoms with Crippen molar-refractivity contribution in [1.82, 2.24) is 13.9 Å². The highest BCUT2D eigenvalue weighted by Crippen LogP contribution is 2.21. The van der Waals surface area contributed by atoms with Gasteiger partial charge in [0.2, 0.25) is 5.91 Å². The van der Waals surface area contributed by atoms with E-state index in [2.05, 4.69) is 5.32 Å². The molecule has 0 saturated carbocycles. The Kier molecular flexibility index (Phi) is 7.02. The van der Waals surface area contributed by atoms with Crippen molar-refractivity contribution in [3.8, 4) is 5.75 Å². The van der Waals surface area contributed by atoms with Gasteiger partial charge in [-0.2, -0.15) is 17.0 Å². The minimum atomic E-state index is -3.47. The normalized spacial score (nSPS) is 18.7. The molecule has 26 heavy (non-hydrogen) atoms. The van der Waals surface area contributed by atoms with Gasteiger partial charge < -0.3 is 10.1 Å². The standard InChI is InChI=1S/C18H29N3O4S/c1-14-7-8-15(2)17(12-14)25-11-9-19-18(22)16-6-5-10-21(13-16)26(23,24)20(3)4/h7-8,12,16H,5-6,9-11,13H2,1-4H3,(H,19,22)/t16-/m1/s1. The lowest BCUT2D eigenvalue weighted by Gasteiger charge is -2.32. The SMILES string of the molecule is Cc1ccc(C)c(OCCNC(=O)[C@@H]2CCCN(S(=O)(=O)N(C)C)C2)c1. The van der Waals surface area contributed by atoms with Crippen LogP contribution in [0.4, 0.5) is 0 Å². The van der Waals surface area contributed by atoms with Gasteiger partial charge in [0.15, 0.2) is 0 Å². The first-order valence-corrected chi connectivity index (χ1v) is 10.3. The van der Waals surface area contributed by atoms with Gasteiger partial charge in [-0.15, -0.1) is 0 Å². The number of hydrogen-bond donors (Lipinski definition) is 1. The number of nitrogens with one attached hydrogen (secondary N) is 1. The van der Waals surface area contributed by atoms with Crippen LogP contribution in [0.25, 0.3) is 0 Å². The molecule has 1 aromatic carbocycles. The van der Waals surface area contributed by atoms with Crippen LogP contribution in [-0.2, 0) is 15.0 Å². The molecule has 1 amide bonds. The molecule has 1 N–H and O–H groups in total. The Morgan fingerprint density at radius 2 is 2.08 bits per heavy atom. The summed E-state index contributed by atoms with van der Waals surface area (Å²) in [6.07, 6.45) is 1.38. The van der Waals surface area contributed by atoms with E-state index >= 15 is 0 Å². The summed E-state index contributed by atoms with van der Waals surface area (Å²) in [6.45, 7) is 5.44. The quantitative estimate of drug-likeness (QED) is 0.720. The average molecular weight is 384 g/mol. The number of rotatable bonds is 7. The van der Waals surface area contributed by atoms with E-state index in [1.807, 2.05) is 32.0 Å². The fraction of sp³-hybridized carbons (Fsp3) is 0.611. The highest BCUT2D eigenvalue weighted by atomic mass is 32.2. The largest absolute Gasteiger partial charge is 0.491 e. The number of amides is 1. The maximum Gasteiger partial charge on any atom is 0.281 e. The number of ether oxygens (including phenoxy) is 1. The van der Waals surface area contributed by atoms with Crippen LogP contribution in [0.1, 0.15) is 24.0 Å². The van der Waals surface area contributed by atoms with Crippen LogP contribution in [0.5, 0.6) is 5.75 Å². The maximum atomic E-state index is 12.4. The van der Waals surface area contributed by atoms with E-state index in [0.29, 0.717) is 32.5 Å². The third kappa shape index (κ3) is 5.18. The van der Waals surface area contributed by atoms with Crippen molar-refractivity contribution in [2.45, 2.75) is 26.7 Å². The molecule has 0 aromatic heterocycles. The summed E-state index contributed by atoms with van der Waals surface area (Å²) in [6, 6.07) is 6.01. The highest BCUT2D eigenvalue weighted by molar-refractivity contribution is 7.86. The van der Waals surface area contributed by atoms with E-state index in [1.54, 1.807) is 0 Å². The predicted molar refractivity (Wildman–Crippen MR) is 101 cm³/mol. The minimum absolute atomic E-state index is 0.117. The molecular formula is C18H29N3O4S. The van der Waals surface area contributed by atoms with E-state index in [1.165, 1.54) is 22.7 Å². The van der Waals surface area contributed by atoms with E-state index in [9.17, 15) is 13.2 Å². The number of aryl methyl sites for hydroxylation is 2. The van der Waals surface area contributed by atoms with Crippen molar-refractivity contribution >= 4 is 16.1 Å². The fourth-order valence-corrected chi connectivity index (χ4v) is 4.13. The summed E-state index contributed by atoms with van der Waals surface area (Å²) in [5.74, 6) is 0.382. The Morgan fingerprint density at radius 1 is 1.35 bits per heavy atom. The summed E-state index contributed by atoms with van der Waals surface area (Å²) in [4.78, 5) is 12.4. The summed E-state index contributed by atoms with van der Waals surface area (Å²) in [7, 11) is -0.467. The summed E-state index contributed by atoms with van der Waals surface area (Å²) in [5, 5.41) is 2.86. The van der Waals surface area contributed by atoms with E-state index in [0.717, 1.165) is 16.9 Å². The Morgan fingerprint density at radius 3 is 2.77 bits per heavy atom. The zero-order valence-electron chi connectivity index (χ0n) is 16.0. The Bertz CT molecular complexity index is 734. The maximum absolute atomic E-state index is 12.4. The average Bonchev–Trinajstić information content (AvgIpc) is 2.61. The Labute approximate surface area is 156 Å². The van der Waals surface area contributed by atoms with Crippen molar-refractivity contribution in [3.05, 3.63) is 29.3 Å². The molecule has 1 fully saturated rings. The second kappa shape index (κ2) is 8.83. The Balaban J connectivity index is 1.81. The van der Waals surface area contributed by atoms with Gasteiger partial charge >= 0.3 is 0 Å². The first kappa shape index (κ1) is 20.7. The number of carbonyl (C=O) groups excluding carboxylic acids is 1. The van der Waals surface area contributed by atoms with Crippen LogP contribution in [0.15, 0.2) is 18.2 Å². The first-order valence-electron chi connectivity index (χ1n) is 8.87. The van der Waals surface area contributed by atoms with Crippen molar-refractivity contribution < 1.29 is 17.9 Å². The summed E-state index contributed by atoms with van der Waals surface area (Å²) < 4.78 is 32.8. The first-order chi connectivity index (χ1) is 12.2. The lowest BCUT2D eigenvalue weighted by Crippen LogP contribution is -2.49. The van der Waals surface area contributed by atoms with Gasteiger partial charge in [-0.05, 0) is 43.9 Å². The van der Waals surface area contributed by atoms with Crippen LogP contribution in [0.3, 0.4) is 0 Å². The number of hydrogen-bond acceptors (Lipinski definition) is 4. The van der Waals surface area contributed by atoms with Crippen molar-refractivity contribution in [2.75, 3.05) is 40.3 Å². The molecule has 0 aliphatic carbocycles. The molecule has 146 valence electrons. The molecule has 0 radical (unpaired) electrons. The van der Waals surface area contributed by atoms with Gasteiger partial charge in [-0.3, -0.25) is 4.79 Å². The smallest absolute Gasteiger partial charge is 0.281 e. The summed E-state index contributed by atoms with van der Waals surface area (Å²) in [5.41, 5.74) is 2.18. The molecule has 0 unspecified atom stereocenters. The molecule has 1 saturated heterocycles. The number of nitrogens with zero attached hydrogens (tertiary/aromatic N) is 2. The minimum Gasteiger partial charge on any atom is -0.491 e. The second-order valence-corrected chi connectivity index (χ2v) is 9.04. The van der Waals surface area contributed by atoms with Gasteiger partial charge in [0, 0.05) is 27.2 Å². The van der Waals surface area contributed by atoms with Gasteiger partial charge in [-0.25, -0.2) is 0 Å². The molecule has 0 spiro atoms. The molecule has 7 nitrogen and oxygen atoms in total. The van der Waals surface area contributed by atoms with Gasteiger partial charge in [0.05, 0.1) is 12.5 Å². The molecule has 1 atom stereocenters. The number of carbonyl (C=O) groups is 1. The van der Waals surface area contributed by atoms with E-state index in [4.69, 9.17) is 4.74 Å². The monoisotopic (exact) mass is 383 g/mol. The number of piperidine rings is 1. The van der Waals surface area contributed by atoms with Crippen LogP contribution < -0.4 is 10.1 Å². The third-order valence-corrected chi connectivity index (χ3v) is 6.45. The lowest BCUT2D eigenvalue weighted by molar-refractivity contribution is -0.126. The molecular weight excluding hydrogens is 354 g/mol. The molecule has 2 rings (SSSR count). The number of benzene rings is 1. The molecule has 1 aliphatic rings. The predicted octanol–water partition coefficient (Wildman–Crippen LogP) is 1.32. The Hall–Kier alpha value is -1.64. The van der Waals surface area contributed by atoms with Crippen LogP contribution in [0.2, 0.25) is 0 Å². The zero-order valence-corrected chi connectivity index (χ0v) is 16.8. The van der Waals surface area contributed by atoms with Crippen molar-refractivity contribution in [2.24, 2.45) is 5.92 Å². The molecule has 1 aliphatic heterocycles. The zero-order chi connectivity index (χ0) is 19.3. The van der Waals surface area contributed by atoms with Crippen LogP contribution >= 0.6 is 0 Å². The van der Waals surface area contributed by atoms with Crippen molar-refractivity contribution in [3.63, 3.8) is 0 Å². The second-order valence-electron chi connectivity index (χ2n) is 6.90. The molecule has 0 bridgehead atoms.